The van der Waals surface area contributed by atoms with Crippen molar-refractivity contribution in [2.45, 2.75) is 6.92 Å². The second-order valence-corrected chi connectivity index (χ2v) is 5.17. The van der Waals surface area contributed by atoms with E-state index in [1.165, 1.54) is 0 Å². The van der Waals surface area contributed by atoms with Crippen LogP contribution in [0.2, 0.25) is 0 Å². The van der Waals surface area contributed by atoms with Gasteiger partial charge in [0, 0.05) is 16.7 Å². The van der Waals surface area contributed by atoms with Crippen LogP contribution in [-0.2, 0) is 0 Å². The lowest BCUT2D eigenvalue weighted by Gasteiger charge is -2.05. The molecule has 0 spiro atoms. The minimum Gasteiger partial charge on any atom is -0.497 e. The first-order valence-corrected chi connectivity index (χ1v) is 7.27. The van der Waals surface area contributed by atoms with E-state index in [1.807, 2.05) is 54.6 Å². The van der Waals surface area contributed by atoms with E-state index in [1.54, 1.807) is 20.1 Å². The Morgan fingerprint density at radius 3 is 2.09 bits per heavy atom. The smallest absolute Gasteiger partial charge is 0.159 e. The molecule has 23 heavy (non-hydrogen) atoms. The summed E-state index contributed by atoms with van der Waals surface area (Å²) in [5.41, 5.74) is 4.06. The van der Waals surface area contributed by atoms with Crippen molar-refractivity contribution in [3.05, 3.63) is 66.2 Å². The standard InChI is InChI=1S/C19H16N2O2/c1-13(22)15-4-3-5-16(12-15)19-11-10-18(20-21-19)14-6-8-17(23-2)9-7-14/h3-12H,1-2H3. The van der Waals surface area contributed by atoms with Crippen molar-refractivity contribution in [3.8, 4) is 28.3 Å². The summed E-state index contributed by atoms with van der Waals surface area (Å²) in [7, 11) is 1.64. The fourth-order valence-corrected chi connectivity index (χ4v) is 2.30. The highest BCUT2D eigenvalue weighted by atomic mass is 16.5. The summed E-state index contributed by atoms with van der Waals surface area (Å²) in [6.07, 6.45) is 0. The summed E-state index contributed by atoms with van der Waals surface area (Å²) in [6.45, 7) is 1.55. The third-order valence-electron chi connectivity index (χ3n) is 3.62. The van der Waals surface area contributed by atoms with Crippen LogP contribution in [0.15, 0.2) is 60.7 Å². The first-order valence-electron chi connectivity index (χ1n) is 7.27. The van der Waals surface area contributed by atoms with Gasteiger partial charge in [0.15, 0.2) is 5.78 Å². The molecule has 0 saturated carbocycles. The highest BCUT2D eigenvalue weighted by molar-refractivity contribution is 5.95. The Labute approximate surface area is 134 Å². The molecule has 1 heterocycles. The zero-order chi connectivity index (χ0) is 16.2. The topological polar surface area (TPSA) is 52.1 Å². The molecule has 4 nitrogen and oxygen atoms in total. The minimum atomic E-state index is 0.0367. The molecule has 1 aromatic heterocycles. The van der Waals surface area contributed by atoms with Gasteiger partial charge in [-0.25, -0.2) is 0 Å². The first kappa shape index (κ1) is 14.9. The largest absolute Gasteiger partial charge is 0.497 e. The molecule has 0 amide bonds. The second kappa shape index (κ2) is 6.40. The van der Waals surface area contributed by atoms with Crippen molar-refractivity contribution < 1.29 is 9.53 Å². The third-order valence-corrected chi connectivity index (χ3v) is 3.62. The number of ether oxygens (including phenoxy) is 1. The highest BCUT2D eigenvalue weighted by Gasteiger charge is 2.06. The Morgan fingerprint density at radius 1 is 0.870 bits per heavy atom. The molecule has 0 atom stereocenters. The summed E-state index contributed by atoms with van der Waals surface area (Å²) >= 11 is 0. The number of aromatic nitrogens is 2. The number of carbonyl (C=O) groups is 1. The van der Waals surface area contributed by atoms with Gasteiger partial charge < -0.3 is 4.74 Å². The molecule has 4 heteroatoms. The lowest BCUT2D eigenvalue weighted by molar-refractivity contribution is 0.101. The van der Waals surface area contributed by atoms with Gasteiger partial charge in [0.05, 0.1) is 18.5 Å². The minimum absolute atomic E-state index is 0.0367. The summed E-state index contributed by atoms with van der Waals surface area (Å²) in [5, 5.41) is 8.56. The number of hydrogen-bond acceptors (Lipinski definition) is 4. The average Bonchev–Trinajstić information content (AvgIpc) is 2.62. The molecular weight excluding hydrogens is 288 g/mol. The predicted molar refractivity (Wildman–Crippen MR) is 89.5 cm³/mol. The SMILES string of the molecule is COc1ccc(-c2ccc(-c3cccc(C(C)=O)c3)nn2)cc1. The molecule has 3 rings (SSSR count). The molecule has 0 saturated heterocycles. The number of ketones is 1. The van der Waals surface area contributed by atoms with E-state index in [4.69, 9.17) is 4.74 Å². The quantitative estimate of drug-likeness (QED) is 0.683. The van der Waals surface area contributed by atoms with Gasteiger partial charge in [-0.05, 0) is 49.4 Å². The van der Waals surface area contributed by atoms with E-state index in [0.717, 1.165) is 28.3 Å². The van der Waals surface area contributed by atoms with Crippen LogP contribution < -0.4 is 4.74 Å². The zero-order valence-electron chi connectivity index (χ0n) is 13.0. The van der Waals surface area contributed by atoms with Gasteiger partial charge in [0.2, 0.25) is 0 Å². The van der Waals surface area contributed by atoms with Gasteiger partial charge in [-0.1, -0.05) is 18.2 Å². The van der Waals surface area contributed by atoms with Crippen LogP contribution in [-0.4, -0.2) is 23.1 Å². The van der Waals surface area contributed by atoms with Crippen molar-refractivity contribution >= 4 is 5.78 Å². The number of methoxy groups -OCH3 is 1. The van der Waals surface area contributed by atoms with Crippen LogP contribution >= 0.6 is 0 Å². The van der Waals surface area contributed by atoms with Crippen LogP contribution in [0.3, 0.4) is 0 Å². The molecule has 0 aliphatic rings. The number of rotatable bonds is 4. The Bertz CT molecular complexity index is 825. The monoisotopic (exact) mass is 304 g/mol. The van der Waals surface area contributed by atoms with Gasteiger partial charge in [-0.2, -0.15) is 0 Å². The molecule has 2 aromatic carbocycles. The fourth-order valence-electron chi connectivity index (χ4n) is 2.30. The molecule has 0 unspecified atom stereocenters. The summed E-state index contributed by atoms with van der Waals surface area (Å²) in [4.78, 5) is 11.5. The van der Waals surface area contributed by atoms with Gasteiger partial charge in [-0.3, -0.25) is 4.79 Å². The Balaban J connectivity index is 1.89. The molecule has 0 bridgehead atoms. The van der Waals surface area contributed by atoms with E-state index in [9.17, 15) is 4.79 Å². The van der Waals surface area contributed by atoms with Crippen molar-refractivity contribution in [3.63, 3.8) is 0 Å². The molecule has 114 valence electrons. The van der Waals surface area contributed by atoms with E-state index in [-0.39, 0.29) is 5.78 Å². The number of carbonyl (C=O) groups excluding carboxylic acids is 1. The number of benzene rings is 2. The molecule has 3 aromatic rings. The molecule has 0 N–H and O–H groups in total. The van der Waals surface area contributed by atoms with Crippen LogP contribution in [0.1, 0.15) is 17.3 Å². The lowest BCUT2D eigenvalue weighted by Crippen LogP contribution is -1.94. The van der Waals surface area contributed by atoms with Crippen LogP contribution in [0.5, 0.6) is 5.75 Å². The third kappa shape index (κ3) is 3.26. The van der Waals surface area contributed by atoms with Crippen LogP contribution in [0.4, 0.5) is 0 Å². The van der Waals surface area contributed by atoms with E-state index < -0.39 is 0 Å². The molecule has 0 fully saturated rings. The van der Waals surface area contributed by atoms with Crippen LogP contribution in [0, 0.1) is 0 Å². The fraction of sp³-hybridized carbons (Fsp3) is 0.105. The van der Waals surface area contributed by atoms with E-state index in [0.29, 0.717) is 5.56 Å². The van der Waals surface area contributed by atoms with Crippen molar-refractivity contribution in [1.29, 1.82) is 0 Å². The molecular formula is C19H16N2O2. The Hall–Kier alpha value is -3.01. The number of Topliss-reactive ketones (excluding diaryl/α,β-unsaturated/α-hetero) is 1. The van der Waals surface area contributed by atoms with Crippen molar-refractivity contribution in [2.75, 3.05) is 7.11 Å². The normalized spacial score (nSPS) is 10.3. The molecule has 0 aliphatic heterocycles. The van der Waals surface area contributed by atoms with E-state index >= 15 is 0 Å². The van der Waals surface area contributed by atoms with Crippen molar-refractivity contribution in [1.82, 2.24) is 10.2 Å². The van der Waals surface area contributed by atoms with Crippen LogP contribution in [0.25, 0.3) is 22.5 Å². The molecule has 0 radical (unpaired) electrons. The van der Waals surface area contributed by atoms with Gasteiger partial charge in [-0.15, -0.1) is 10.2 Å². The Kier molecular flexibility index (Phi) is 4.15. The highest BCUT2D eigenvalue weighted by Crippen LogP contribution is 2.23. The van der Waals surface area contributed by atoms with Gasteiger partial charge >= 0.3 is 0 Å². The zero-order valence-corrected chi connectivity index (χ0v) is 13.0. The summed E-state index contributed by atoms with van der Waals surface area (Å²) in [6, 6.07) is 18.9. The Morgan fingerprint density at radius 2 is 1.52 bits per heavy atom. The first-order chi connectivity index (χ1) is 11.2. The summed E-state index contributed by atoms with van der Waals surface area (Å²) < 4.78 is 5.15. The maximum absolute atomic E-state index is 11.5. The van der Waals surface area contributed by atoms with E-state index in [2.05, 4.69) is 10.2 Å². The van der Waals surface area contributed by atoms with Gasteiger partial charge in [0.1, 0.15) is 5.75 Å². The van der Waals surface area contributed by atoms with Crippen molar-refractivity contribution in [2.24, 2.45) is 0 Å². The maximum atomic E-state index is 11.5. The maximum Gasteiger partial charge on any atom is 0.159 e. The van der Waals surface area contributed by atoms with Gasteiger partial charge in [0.25, 0.3) is 0 Å². The lowest BCUT2D eigenvalue weighted by atomic mass is 10.1. The number of hydrogen-bond donors (Lipinski definition) is 0. The second-order valence-electron chi connectivity index (χ2n) is 5.17. The predicted octanol–water partition coefficient (Wildman–Crippen LogP) is 4.02. The number of nitrogens with zero attached hydrogens (tertiary/aromatic N) is 2. The average molecular weight is 304 g/mol. The molecule has 0 aliphatic carbocycles. The summed E-state index contributed by atoms with van der Waals surface area (Å²) in [5.74, 6) is 0.842.